The van der Waals surface area contributed by atoms with Crippen molar-refractivity contribution < 1.29 is 0 Å². The number of aromatic nitrogens is 4. The van der Waals surface area contributed by atoms with Gasteiger partial charge in [0.1, 0.15) is 0 Å². The maximum atomic E-state index is 11.5. The van der Waals surface area contributed by atoms with Gasteiger partial charge in [0.2, 0.25) is 0 Å². The van der Waals surface area contributed by atoms with Gasteiger partial charge in [0.25, 0.3) is 0 Å². The number of hydrogen-bond donors (Lipinski definition) is 0. The number of nitriles is 9. The fourth-order valence-electron chi connectivity index (χ4n) is 12.3. The highest BCUT2D eigenvalue weighted by Gasteiger charge is 2.27. The van der Waals surface area contributed by atoms with Crippen LogP contribution >= 0.6 is 0 Å². The van der Waals surface area contributed by atoms with Crippen LogP contribution in [0.2, 0.25) is 0 Å². The second-order valence-corrected chi connectivity index (χ2v) is 21.9. The van der Waals surface area contributed by atoms with Gasteiger partial charge in [-0.05, 0) is 184 Å². The molecule has 14 aromatic rings. The number of fused-ring (bicyclic) bond motifs is 6. The molecule has 0 radical (unpaired) electrons. The highest BCUT2D eigenvalue weighted by atomic mass is 15.0. The first-order chi connectivity index (χ1) is 45.1. The molecule has 3 heterocycles. The summed E-state index contributed by atoms with van der Waals surface area (Å²) in [5, 5.41) is 95.6. The fourth-order valence-corrected chi connectivity index (χ4v) is 12.3. The molecule has 0 saturated carbocycles. The van der Waals surface area contributed by atoms with Crippen LogP contribution in [0, 0.1) is 102 Å². The van der Waals surface area contributed by atoms with Crippen molar-refractivity contribution in [1.29, 1.82) is 47.4 Å². The monoisotopic (exact) mass is 1170 g/mol. The maximum absolute atomic E-state index is 11.5. The molecule has 3 aromatic heterocycles. The third kappa shape index (κ3) is 9.74. The summed E-state index contributed by atoms with van der Waals surface area (Å²) in [6, 6.07) is 89.1. The number of nitrogens with zero attached hydrogens (tertiary/aromatic N) is 13. The molecule has 0 bridgehead atoms. The Labute approximate surface area is 526 Å². The van der Waals surface area contributed by atoms with Crippen LogP contribution in [0.25, 0.3) is 133 Å². The molecule has 13 heteroatoms. The molecule has 0 fully saturated rings. The Kier molecular flexibility index (Phi) is 13.7. The third-order valence-corrected chi connectivity index (χ3v) is 16.4. The zero-order valence-corrected chi connectivity index (χ0v) is 48.2. The second kappa shape index (κ2) is 22.7. The summed E-state index contributed by atoms with van der Waals surface area (Å²) < 4.78 is 4.22. The van der Waals surface area contributed by atoms with Crippen LogP contribution in [0.15, 0.2) is 224 Å². The number of rotatable bonds is 9. The molecule has 11 aromatic carbocycles. The van der Waals surface area contributed by atoms with Gasteiger partial charge in [-0.15, -0.1) is 0 Å². The van der Waals surface area contributed by atoms with Crippen molar-refractivity contribution in [2.45, 2.75) is 0 Å². The molecule has 0 unspecified atom stereocenters. The van der Waals surface area contributed by atoms with Crippen LogP contribution in [0.5, 0.6) is 0 Å². The van der Waals surface area contributed by atoms with Gasteiger partial charge in [0.05, 0.1) is 150 Å². The van der Waals surface area contributed by atoms with Crippen molar-refractivity contribution in [1.82, 2.24) is 19.1 Å². The molecule has 13 nitrogen and oxygen atoms in total. The molecule has 14 rings (SSSR count). The molecule has 418 valence electrons. The summed E-state index contributed by atoms with van der Waals surface area (Å²) in [5.41, 5.74) is 15.4. The lowest BCUT2D eigenvalue weighted by Gasteiger charge is -2.21. The summed E-state index contributed by atoms with van der Waals surface area (Å²) in [5.74, 6) is 0.427. The quantitative estimate of drug-likeness (QED) is 0.131. The SMILES string of the molecule is N#Cc1cc(C#N)cc(-c2ccc3c(c2)c2cc(-c4cc(C#N)cc(C#N)c4)ccc2n3-c2cc(C#N)cc(-n3c4ccc(-c5cc(C#N)cc(C#N)c5)cc4c4cc(-c5cc(C#N)cc(C#N)c5)ccc43)c2-c2cc(-c3ccccc3)nc(-c3ccccc3)n2)c1. The van der Waals surface area contributed by atoms with E-state index in [1.165, 1.54) is 0 Å². The normalized spacial score (nSPS) is 10.7. The molecule has 0 aliphatic heterocycles. The smallest absolute Gasteiger partial charge is 0.160 e. The Morgan fingerprint density at radius 2 is 0.500 bits per heavy atom. The lowest BCUT2D eigenvalue weighted by atomic mass is 9.97. The van der Waals surface area contributed by atoms with E-state index in [0.29, 0.717) is 145 Å². The average Bonchev–Trinajstić information content (AvgIpc) is 1.65. The highest BCUT2D eigenvalue weighted by Crippen LogP contribution is 2.46. The van der Waals surface area contributed by atoms with Crippen LogP contribution in [0.1, 0.15) is 50.1 Å². The second-order valence-electron chi connectivity index (χ2n) is 21.9. The van der Waals surface area contributed by atoms with Gasteiger partial charge in [0, 0.05) is 38.2 Å². The van der Waals surface area contributed by atoms with E-state index in [1.807, 2.05) is 152 Å². The van der Waals surface area contributed by atoms with Gasteiger partial charge in [-0.2, -0.15) is 47.4 Å². The minimum atomic E-state index is 0.287. The predicted octanol–water partition coefficient (Wildman–Crippen LogP) is 17.2. The molecular weight excluding hydrogens is 1130 g/mol. The van der Waals surface area contributed by atoms with Crippen molar-refractivity contribution in [3.8, 4) is 144 Å². The van der Waals surface area contributed by atoms with E-state index in [9.17, 15) is 47.4 Å². The summed E-state index contributed by atoms with van der Waals surface area (Å²) in [4.78, 5) is 10.8. The summed E-state index contributed by atoms with van der Waals surface area (Å²) in [6.45, 7) is 0. The number of hydrogen-bond acceptors (Lipinski definition) is 11. The van der Waals surface area contributed by atoms with Crippen LogP contribution in [-0.2, 0) is 0 Å². The van der Waals surface area contributed by atoms with E-state index in [4.69, 9.17) is 9.97 Å². The minimum Gasteiger partial charge on any atom is -0.308 e. The van der Waals surface area contributed by atoms with Crippen LogP contribution in [0.4, 0.5) is 0 Å². The zero-order valence-electron chi connectivity index (χ0n) is 48.2. The third-order valence-electron chi connectivity index (χ3n) is 16.4. The first kappa shape index (κ1) is 55.4. The molecule has 0 saturated heterocycles. The molecule has 0 amide bonds. The Balaban J connectivity index is 1.14. The molecule has 0 spiro atoms. The molecule has 0 atom stereocenters. The summed E-state index contributed by atoms with van der Waals surface area (Å²) >= 11 is 0. The van der Waals surface area contributed by atoms with Crippen LogP contribution in [-0.4, -0.2) is 19.1 Å². The van der Waals surface area contributed by atoms with E-state index in [-0.39, 0.29) is 5.56 Å². The van der Waals surface area contributed by atoms with Gasteiger partial charge in [-0.3, -0.25) is 0 Å². The van der Waals surface area contributed by atoms with E-state index in [0.717, 1.165) is 32.7 Å². The first-order valence-electron chi connectivity index (χ1n) is 28.7. The fraction of sp³-hybridized carbons (Fsp3) is 0. The van der Waals surface area contributed by atoms with Crippen molar-refractivity contribution in [2.75, 3.05) is 0 Å². The van der Waals surface area contributed by atoms with Crippen LogP contribution < -0.4 is 0 Å². The molecule has 0 aliphatic rings. The van der Waals surface area contributed by atoms with Crippen molar-refractivity contribution >= 4 is 43.6 Å². The first-order valence-corrected chi connectivity index (χ1v) is 28.7. The zero-order chi connectivity index (χ0) is 63.1. The van der Waals surface area contributed by atoms with Crippen LogP contribution in [0.3, 0.4) is 0 Å². The van der Waals surface area contributed by atoms with Crippen molar-refractivity contribution in [3.63, 3.8) is 0 Å². The van der Waals surface area contributed by atoms with E-state index >= 15 is 0 Å². The van der Waals surface area contributed by atoms with Crippen molar-refractivity contribution in [3.05, 3.63) is 275 Å². The Morgan fingerprint density at radius 3 is 0.793 bits per heavy atom. The van der Waals surface area contributed by atoms with Gasteiger partial charge in [-0.25, -0.2) is 9.97 Å². The van der Waals surface area contributed by atoms with E-state index in [1.54, 1.807) is 72.8 Å². The standard InChI is InChI=1S/C79H37N13/c80-38-47-19-48(39-81)24-62(23-47)58-11-15-72-66(33-58)67-34-59(63-25-49(40-82)20-50(26-63)41-83)12-16-73(67)91(72)76-31-55(46-88)32-77(78(76)71-37-70(56-7-3-1-4-8-56)89-79(90-71)57-9-5-2-6-10-57)92-74-17-13-60(64-27-51(42-84)21-52(28-64)43-85)35-68(74)69-36-61(14-18-75(69)92)65-29-53(44-86)22-54(30-65)45-87/h1-37H. The maximum Gasteiger partial charge on any atom is 0.160 e. The molecule has 0 N–H and O–H groups in total. The lowest BCUT2D eigenvalue weighted by molar-refractivity contribution is 1.11. The molecule has 0 aliphatic carbocycles. The lowest BCUT2D eigenvalue weighted by Crippen LogP contribution is -2.07. The molecule has 92 heavy (non-hydrogen) atoms. The topological polar surface area (TPSA) is 250 Å². The number of benzene rings is 11. The molecular formula is C79H37N13. The van der Waals surface area contributed by atoms with Gasteiger partial charge in [-0.1, -0.05) is 84.9 Å². The van der Waals surface area contributed by atoms with E-state index < -0.39 is 0 Å². The van der Waals surface area contributed by atoms with Gasteiger partial charge in [0.15, 0.2) is 5.82 Å². The Morgan fingerprint density at radius 1 is 0.228 bits per heavy atom. The minimum absolute atomic E-state index is 0.287. The summed E-state index contributed by atoms with van der Waals surface area (Å²) in [7, 11) is 0. The summed E-state index contributed by atoms with van der Waals surface area (Å²) in [6.07, 6.45) is 0. The average molecular weight is 1170 g/mol. The highest BCUT2D eigenvalue weighted by molar-refractivity contribution is 6.14. The van der Waals surface area contributed by atoms with Gasteiger partial charge >= 0.3 is 0 Å². The predicted molar refractivity (Wildman–Crippen MR) is 351 cm³/mol. The van der Waals surface area contributed by atoms with Crippen molar-refractivity contribution in [2.24, 2.45) is 0 Å². The largest absolute Gasteiger partial charge is 0.308 e. The van der Waals surface area contributed by atoms with Gasteiger partial charge < -0.3 is 9.13 Å². The Hall–Kier alpha value is -14.5. The van der Waals surface area contributed by atoms with E-state index in [2.05, 4.69) is 63.8 Å². The Bertz CT molecular complexity index is 5200.